The molecule has 33 heavy (non-hydrogen) atoms. The van der Waals surface area contributed by atoms with Crippen LogP contribution in [0.15, 0.2) is 65.8 Å². The zero-order valence-electron chi connectivity index (χ0n) is 17.8. The number of H-pyrrole nitrogens is 3. The molecule has 5 aromatic rings. The van der Waals surface area contributed by atoms with Crippen molar-refractivity contribution in [3.63, 3.8) is 0 Å². The SMILES string of the molecule is Cc1cc(C(=O)Nc2ccc(Cc3ccc4[nH]c(O)c(/C=N/c5ccn[nH]5)c4c3)cc2)n[nH]1. The maximum atomic E-state index is 12.3. The highest BCUT2D eigenvalue weighted by atomic mass is 16.3. The number of anilines is 1. The van der Waals surface area contributed by atoms with Crippen LogP contribution in [-0.2, 0) is 6.42 Å². The molecule has 0 fully saturated rings. The summed E-state index contributed by atoms with van der Waals surface area (Å²) in [5, 5.41) is 27.4. The van der Waals surface area contributed by atoms with Gasteiger partial charge in [0.05, 0.1) is 11.8 Å². The molecule has 5 rings (SSSR count). The molecule has 0 radical (unpaired) electrons. The molecule has 0 spiro atoms. The summed E-state index contributed by atoms with van der Waals surface area (Å²) in [6.45, 7) is 1.85. The zero-order chi connectivity index (χ0) is 22.8. The fourth-order valence-corrected chi connectivity index (χ4v) is 3.61. The van der Waals surface area contributed by atoms with E-state index in [1.54, 1.807) is 24.5 Å². The third-order valence-corrected chi connectivity index (χ3v) is 5.26. The van der Waals surface area contributed by atoms with Crippen molar-refractivity contribution in [1.82, 2.24) is 25.4 Å². The number of nitrogens with zero attached hydrogens (tertiary/aromatic N) is 3. The first-order valence-corrected chi connectivity index (χ1v) is 10.3. The molecule has 0 atom stereocenters. The summed E-state index contributed by atoms with van der Waals surface area (Å²) < 4.78 is 0. The molecule has 3 aromatic heterocycles. The lowest BCUT2D eigenvalue weighted by Crippen LogP contribution is -2.12. The number of rotatable bonds is 6. The Balaban J connectivity index is 1.32. The number of aromatic hydroxyl groups is 1. The smallest absolute Gasteiger partial charge is 0.276 e. The number of nitrogens with one attached hydrogen (secondary N) is 4. The van der Waals surface area contributed by atoms with Gasteiger partial charge in [-0.15, -0.1) is 0 Å². The molecule has 164 valence electrons. The van der Waals surface area contributed by atoms with Gasteiger partial charge in [0.15, 0.2) is 11.6 Å². The molecular weight excluding hydrogens is 418 g/mol. The highest BCUT2D eigenvalue weighted by Gasteiger charge is 2.11. The minimum atomic E-state index is -0.255. The van der Waals surface area contributed by atoms with Gasteiger partial charge in [0, 0.05) is 34.6 Å². The lowest BCUT2D eigenvalue weighted by atomic mass is 10.0. The van der Waals surface area contributed by atoms with E-state index in [1.165, 1.54) is 0 Å². The first-order chi connectivity index (χ1) is 16.0. The van der Waals surface area contributed by atoms with Crippen LogP contribution in [0.25, 0.3) is 10.9 Å². The van der Waals surface area contributed by atoms with Crippen LogP contribution in [0.2, 0.25) is 0 Å². The maximum absolute atomic E-state index is 12.3. The van der Waals surface area contributed by atoms with Crippen LogP contribution in [0.1, 0.15) is 32.9 Å². The lowest BCUT2D eigenvalue weighted by Gasteiger charge is -2.06. The van der Waals surface area contributed by atoms with Crippen molar-refractivity contribution in [3.05, 3.63) is 88.9 Å². The Morgan fingerprint density at radius 3 is 2.64 bits per heavy atom. The Hall–Kier alpha value is -4.66. The molecule has 9 heteroatoms. The average Bonchev–Trinajstić information content (AvgIpc) is 3.54. The van der Waals surface area contributed by atoms with Gasteiger partial charge in [-0.2, -0.15) is 10.2 Å². The van der Waals surface area contributed by atoms with Gasteiger partial charge < -0.3 is 15.4 Å². The second-order valence-corrected chi connectivity index (χ2v) is 7.73. The molecule has 0 aliphatic heterocycles. The quantitative estimate of drug-likeness (QED) is 0.253. The van der Waals surface area contributed by atoms with E-state index < -0.39 is 0 Å². The Kier molecular flexibility index (Phi) is 5.19. The van der Waals surface area contributed by atoms with Gasteiger partial charge in [-0.05, 0) is 54.8 Å². The molecule has 9 nitrogen and oxygen atoms in total. The van der Waals surface area contributed by atoms with Crippen LogP contribution in [0, 0.1) is 6.92 Å². The van der Waals surface area contributed by atoms with Gasteiger partial charge in [0.1, 0.15) is 5.82 Å². The fraction of sp³-hybridized carbons (Fsp3) is 0.0833. The standard InChI is InChI=1S/C24H21N7O2/c1-14-10-21(30-29-14)24(33)27-17-5-2-15(3-6-17)11-16-4-7-20-18(12-16)19(23(32)28-20)13-25-22-8-9-26-31-22/h2-10,12-13,28,32H,11H2,1H3,(H,26,31)(H,27,33)(H,29,30)/b25-13+. The summed E-state index contributed by atoms with van der Waals surface area (Å²) >= 11 is 0. The molecule has 0 aliphatic carbocycles. The van der Waals surface area contributed by atoms with Gasteiger partial charge in [-0.1, -0.05) is 18.2 Å². The monoisotopic (exact) mass is 439 g/mol. The van der Waals surface area contributed by atoms with Crippen molar-refractivity contribution in [1.29, 1.82) is 0 Å². The normalized spacial score (nSPS) is 11.4. The molecule has 2 aromatic carbocycles. The number of hydrogen-bond donors (Lipinski definition) is 5. The minimum Gasteiger partial charge on any atom is -0.494 e. The molecule has 0 saturated heterocycles. The summed E-state index contributed by atoms with van der Waals surface area (Å²) in [7, 11) is 0. The summed E-state index contributed by atoms with van der Waals surface area (Å²) in [6.07, 6.45) is 3.93. The van der Waals surface area contributed by atoms with E-state index in [-0.39, 0.29) is 11.8 Å². The van der Waals surface area contributed by atoms with E-state index in [1.807, 2.05) is 49.4 Å². The number of aryl methyl sites for hydroxylation is 1. The number of aromatic amines is 3. The van der Waals surface area contributed by atoms with Gasteiger partial charge >= 0.3 is 0 Å². The van der Waals surface area contributed by atoms with E-state index in [0.29, 0.717) is 29.2 Å². The first-order valence-electron chi connectivity index (χ1n) is 10.3. The summed E-state index contributed by atoms with van der Waals surface area (Å²) in [4.78, 5) is 19.6. The molecule has 0 unspecified atom stereocenters. The molecule has 5 N–H and O–H groups in total. The minimum absolute atomic E-state index is 0.0672. The van der Waals surface area contributed by atoms with Crippen molar-refractivity contribution < 1.29 is 9.90 Å². The Morgan fingerprint density at radius 2 is 1.91 bits per heavy atom. The van der Waals surface area contributed by atoms with Gasteiger partial charge in [0.2, 0.25) is 0 Å². The second kappa shape index (κ2) is 8.46. The lowest BCUT2D eigenvalue weighted by molar-refractivity contribution is 0.102. The largest absolute Gasteiger partial charge is 0.494 e. The Labute approximate surface area is 188 Å². The number of hydrogen-bond acceptors (Lipinski definition) is 5. The Bertz CT molecular complexity index is 1440. The van der Waals surface area contributed by atoms with E-state index >= 15 is 0 Å². The number of amides is 1. The number of carbonyl (C=O) groups excluding carboxylic acids is 1. The van der Waals surface area contributed by atoms with Gasteiger partial charge in [-0.25, -0.2) is 4.99 Å². The zero-order valence-corrected chi connectivity index (χ0v) is 17.8. The van der Waals surface area contributed by atoms with Crippen LogP contribution in [0.5, 0.6) is 5.88 Å². The molecule has 0 aliphatic rings. The third-order valence-electron chi connectivity index (χ3n) is 5.26. The van der Waals surface area contributed by atoms with Crippen LogP contribution < -0.4 is 5.32 Å². The van der Waals surface area contributed by atoms with Crippen molar-refractivity contribution in [2.24, 2.45) is 4.99 Å². The third kappa shape index (κ3) is 4.38. The maximum Gasteiger partial charge on any atom is 0.276 e. The summed E-state index contributed by atoms with van der Waals surface area (Å²) in [5.41, 5.74) is 5.51. The molecule has 0 saturated carbocycles. The first kappa shape index (κ1) is 20.3. The number of fused-ring (bicyclic) bond motifs is 1. The topological polar surface area (TPSA) is 135 Å². The van der Waals surface area contributed by atoms with E-state index in [2.05, 4.69) is 35.7 Å². The van der Waals surface area contributed by atoms with Crippen molar-refractivity contribution >= 4 is 34.5 Å². The van der Waals surface area contributed by atoms with Crippen LogP contribution in [-0.4, -0.2) is 42.6 Å². The average molecular weight is 439 g/mol. The highest BCUT2D eigenvalue weighted by Crippen LogP contribution is 2.28. The molecule has 3 heterocycles. The molecule has 0 bridgehead atoms. The Morgan fingerprint density at radius 1 is 1.09 bits per heavy atom. The molecule has 1 amide bonds. The second-order valence-electron chi connectivity index (χ2n) is 7.73. The summed E-state index contributed by atoms with van der Waals surface area (Å²) in [5.74, 6) is 0.418. The van der Waals surface area contributed by atoms with E-state index in [0.717, 1.165) is 27.7 Å². The summed E-state index contributed by atoms with van der Waals surface area (Å²) in [6, 6.07) is 17.1. The predicted molar refractivity (Wildman–Crippen MR) is 126 cm³/mol. The van der Waals surface area contributed by atoms with Crippen molar-refractivity contribution in [2.75, 3.05) is 5.32 Å². The van der Waals surface area contributed by atoms with E-state index in [9.17, 15) is 9.90 Å². The number of aromatic nitrogens is 5. The van der Waals surface area contributed by atoms with Gasteiger partial charge in [0.25, 0.3) is 5.91 Å². The number of aliphatic imine (C=N–C) groups is 1. The predicted octanol–water partition coefficient (Wildman–Crippen LogP) is 4.22. The number of carbonyl (C=O) groups is 1. The highest BCUT2D eigenvalue weighted by molar-refractivity contribution is 6.03. The fourth-order valence-electron chi connectivity index (χ4n) is 3.61. The van der Waals surface area contributed by atoms with Crippen LogP contribution in [0.3, 0.4) is 0 Å². The van der Waals surface area contributed by atoms with Crippen molar-refractivity contribution in [3.8, 4) is 5.88 Å². The van der Waals surface area contributed by atoms with Crippen LogP contribution in [0.4, 0.5) is 11.5 Å². The molecular formula is C24H21N7O2. The van der Waals surface area contributed by atoms with E-state index in [4.69, 9.17) is 0 Å². The number of benzene rings is 2. The van der Waals surface area contributed by atoms with Crippen molar-refractivity contribution in [2.45, 2.75) is 13.3 Å². The van der Waals surface area contributed by atoms with Gasteiger partial charge in [-0.3, -0.25) is 15.0 Å². The van der Waals surface area contributed by atoms with Crippen LogP contribution >= 0.6 is 0 Å².